The number of nitrogens with zero attached hydrogens (tertiary/aromatic N) is 3. The molecule has 200 valence electrons. The van der Waals surface area contributed by atoms with Crippen molar-refractivity contribution in [1.29, 1.82) is 0 Å². The SMILES string of the molecule is CCCC(CCC)[C@@H]1COC(c2[c-]c(Oc3[c-]c4c(cc3)c3ccccc3n4-c3ccccn3)ccc2)=N1.[Pt+2]. The molecule has 0 N–H and O–H groups in total. The van der Waals surface area contributed by atoms with E-state index < -0.39 is 0 Å². The number of benzene rings is 3. The first-order valence-electron chi connectivity index (χ1n) is 13.5. The predicted molar refractivity (Wildman–Crippen MR) is 152 cm³/mol. The summed E-state index contributed by atoms with van der Waals surface area (Å²) < 4.78 is 14.4. The molecular formula is C33H31N3O2Pt. The van der Waals surface area contributed by atoms with Gasteiger partial charge in [-0.15, -0.1) is 35.7 Å². The molecule has 0 radical (unpaired) electrons. The van der Waals surface area contributed by atoms with E-state index >= 15 is 0 Å². The van der Waals surface area contributed by atoms with E-state index in [2.05, 4.69) is 59.8 Å². The van der Waals surface area contributed by atoms with Crippen LogP contribution in [-0.2, 0) is 25.8 Å². The molecule has 0 saturated carbocycles. The molecule has 3 aromatic carbocycles. The number of ether oxygens (including phenoxy) is 2. The number of fused-ring (bicyclic) bond motifs is 3. The van der Waals surface area contributed by atoms with Gasteiger partial charge in [-0.25, -0.2) is 4.98 Å². The van der Waals surface area contributed by atoms with E-state index in [1.54, 1.807) is 0 Å². The largest absolute Gasteiger partial charge is 2.00 e. The minimum absolute atomic E-state index is 0. The second kappa shape index (κ2) is 12.2. The van der Waals surface area contributed by atoms with E-state index in [1.165, 1.54) is 25.7 Å². The topological polar surface area (TPSA) is 48.6 Å². The Bertz CT molecular complexity index is 1590. The Morgan fingerprint density at radius 2 is 1.69 bits per heavy atom. The van der Waals surface area contributed by atoms with Crippen LogP contribution in [0, 0.1) is 18.1 Å². The molecule has 0 saturated heterocycles. The summed E-state index contributed by atoms with van der Waals surface area (Å²) in [6.45, 7) is 5.12. The van der Waals surface area contributed by atoms with E-state index in [-0.39, 0.29) is 27.1 Å². The van der Waals surface area contributed by atoms with Gasteiger partial charge >= 0.3 is 21.1 Å². The maximum Gasteiger partial charge on any atom is 2.00 e. The Morgan fingerprint density at radius 3 is 2.49 bits per heavy atom. The molecule has 6 rings (SSSR count). The molecule has 0 aliphatic carbocycles. The van der Waals surface area contributed by atoms with E-state index in [9.17, 15) is 0 Å². The summed E-state index contributed by atoms with van der Waals surface area (Å²) in [6.07, 6.45) is 6.50. The zero-order valence-electron chi connectivity index (χ0n) is 22.2. The monoisotopic (exact) mass is 696 g/mol. The van der Waals surface area contributed by atoms with Gasteiger partial charge in [-0.2, -0.15) is 6.07 Å². The number of pyridine rings is 1. The number of hydrogen-bond acceptors (Lipinski definition) is 4. The van der Waals surface area contributed by atoms with Crippen LogP contribution in [0.15, 0.2) is 84.0 Å². The second-order valence-electron chi connectivity index (χ2n) is 9.81. The first kappa shape index (κ1) is 27.1. The third kappa shape index (κ3) is 5.51. The van der Waals surface area contributed by atoms with Crippen molar-refractivity contribution in [2.24, 2.45) is 10.9 Å². The molecule has 0 fully saturated rings. The van der Waals surface area contributed by atoms with Crippen LogP contribution in [-0.4, -0.2) is 28.1 Å². The van der Waals surface area contributed by atoms with Gasteiger partial charge in [0.15, 0.2) is 0 Å². The van der Waals surface area contributed by atoms with Crippen molar-refractivity contribution < 1.29 is 30.5 Å². The van der Waals surface area contributed by atoms with Gasteiger partial charge in [-0.1, -0.05) is 68.1 Å². The zero-order chi connectivity index (χ0) is 25.9. The summed E-state index contributed by atoms with van der Waals surface area (Å²) in [7, 11) is 0. The minimum Gasteiger partial charge on any atom is -0.518 e. The van der Waals surface area contributed by atoms with Gasteiger partial charge in [-0.3, -0.25) is 4.99 Å². The van der Waals surface area contributed by atoms with E-state index in [4.69, 9.17) is 14.5 Å². The molecule has 0 unspecified atom stereocenters. The Morgan fingerprint density at radius 1 is 0.897 bits per heavy atom. The molecule has 5 aromatic rings. The summed E-state index contributed by atoms with van der Waals surface area (Å²) in [6, 6.07) is 31.2. The molecule has 1 atom stereocenters. The predicted octanol–water partition coefficient (Wildman–Crippen LogP) is 7.93. The standard InChI is InChI=1S/C33H31N3O2.Pt/c1-3-10-23(11-4-2)29-22-37-33(35-29)24-12-9-13-25(20-24)38-26-17-18-28-27-14-5-6-15-30(27)36(31(28)21-26)32-16-7-8-19-34-32;/h5-9,12-19,23,29H,3-4,10-11,22H2,1-2H3;/q-2;+2/t29-;/m0./s1. The molecule has 1 aliphatic heterocycles. The number of rotatable bonds is 9. The van der Waals surface area contributed by atoms with E-state index in [1.807, 2.05) is 54.7 Å². The molecule has 3 heterocycles. The minimum atomic E-state index is 0. The Hall–Kier alpha value is -3.43. The summed E-state index contributed by atoms with van der Waals surface area (Å²) in [4.78, 5) is 9.55. The average molecular weight is 697 g/mol. The van der Waals surface area contributed by atoms with Gasteiger partial charge in [0.1, 0.15) is 11.7 Å². The molecule has 5 nitrogen and oxygen atoms in total. The summed E-state index contributed by atoms with van der Waals surface area (Å²) >= 11 is 0. The number of hydrogen-bond donors (Lipinski definition) is 0. The van der Waals surface area contributed by atoms with Gasteiger partial charge in [0, 0.05) is 23.2 Å². The fourth-order valence-electron chi connectivity index (χ4n) is 5.46. The smallest absolute Gasteiger partial charge is 0.518 e. The van der Waals surface area contributed by atoms with Crippen LogP contribution in [0.5, 0.6) is 11.5 Å². The quantitative estimate of drug-likeness (QED) is 0.147. The number of aromatic nitrogens is 2. The van der Waals surface area contributed by atoms with E-state index in [0.717, 1.165) is 33.2 Å². The molecule has 6 heteroatoms. The van der Waals surface area contributed by atoms with Gasteiger partial charge in [0.2, 0.25) is 0 Å². The fraction of sp³-hybridized carbons (Fsp3) is 0.273. The Balaban J connectivity index is 0.00000308. The van der Waals surface area contributed by atoms with Crippen LogP contribution in [0.2, 0.25) is 0 Å². The second-order valence-corrected chi connectivity index (χ2v) is 9.81. The molecule has 0 amide bonds. The first-order valence-corrected chi connectivity index (χ1v) is 13.5. The molecule has 1 aliphatic rings. The van der Waals surface area contributed by atoms with Crippen LogP contribution in [0.4, 0.5) is 0 Å². The summed E-state index contributed by atoms with van der Waals surface area (Å²) in [5.41, 5.74) is 2.82. The first-order chi connectivity index (χ1) is 18.7. The van der Waals surface area contributed by atoms with Crippen molar-refractivity contribution in [3.05, 3.63) is 96.7 Å². The van der Waals surface area contributed by atoms with Crippen molar-refractivity contribution in [1.82, 2.24) is 9.55 Å². The third-order valence-corrected chi connectivity index (χ3v) is 7.19. The van der Waals surface area contributed by atoms with Gasteiger partial charge in [0.05, 0.1) is 12.6 Å². The number of aliphatic imine (C=N–C) groups is 1. The van der Waals surface area contributed by atoms with Gasteiger partial charge < -0.3 is 14.0 Å². The van der Waals surface area contributed by atoms with Crippen LogP contribution in [0.1, 0.15) is 45.1 Å². The van der Waals surface area contributed by atoms with Crippen molar-refractivity contribution >= 4 is 27.7 Å². The van der Waals surface area contributed by atoms with Crippen molar-refractivity contribution in [2.75, 3.05) is 6.61 Å². The third-order valence-electron chi connectivity index (χ3n) is 7.19. The van der Waals surface area contributed by atoms with Crippen LogP contribution in [0.3, 0.4) is 0 Å². The average Bonchev–Trinajstić information content (AvgIpc) is 3.57. The van der Waals surface area contributed by atoms with Crippen molar-refractivity contribution in [2.45, 2.75) is 45.6 Å². The normalized spacial score (nSPS) is 14.8. The maximum atomic E-state index is 6.27. The molecule has 2 aromatic heterocycles. The number of para-hydroxylation sites is 1. The molecule has 0 spiro atoms. The van der Waals surface area contributed by atoms with Crippen LogP contribution < -0.4 is 4.74 Å². The van der Waals surface area contributed by atoms with Crippen molar-refractivity contribution in [3.63, 3.8) is 0 Å². The maximum absolute atomic E-state index is 6.27. The van der Waals surface area contributed by atoms with Crippen LogP contribution in [0.25, 0.3) is 27.6 Å². The van der Waals surface area contributed by atoms with Gasteiger partial charge in [-0.05, 0) is 42.3 Å². The summed E-state index contributed by atoms with van der Waals surface area (Å²) in [5.74, 6) is 3.29. The Kier molecular flexibility index (Phi) is 8.47. The zero-order valence-corrected chi connectivity index (χ0v) is 24.4. The van der Waals surface area contributed by atoms with Crippen molar-refractivity contribution in [3.8, 4) is 17.3 Å². The molecule has 39 heavy (non-hydrogen) atoms. The van der Waals surface area contributed by atoms with Gasteiger partial charge in [0.25, 0.3) is 0 Å². The molecule has 0 bridgehead atoms. The van der Waals surface area contributed by atoms with Crippen LogP contribution >= 0.6 is 0 Å². The van der Waals surface area contributed by atoms with E-state index in [0.29, 0.717) is 29.9 Å². The molecular weight excluding hydrogens is 665 g/mol. The summed E-state index contributed by atoms with van der Waals surface area (Å²) in [5, 5.41) is 2.25. The fourth-order valence-corrected chi connectivity index (χ4v) is 5.46. The Labute approximate surface area is 244 Å².